The summed E-state index contributed by atoms with van der Waals surface area (Å²) in [6.45, 7) is 0.664. The molecule has 0 bridgehead atoms. The van der Waals surface area contributed by atoms with Crippen molar-refractivity contribution in [2.75, 3.05) is 6.54 Å². The Morgan fingerprint density at radius 3 is 2.71 bits per heavy atom. The van der Waals surface area contributed by atoms with Gasteiger partial charge in [0.15, 0.2) is 0 Å². The van der Waals surface area contributed by atoms with Crippen LogP contribution in [0.25, 0.3) is 6.08 Å². The van der Waals surface area contributed by atoms with E-state index in [0.29, 0.717) is 11.7 Å². The largest absolute Gasteiger partial charge is 0.353 e. The van der Waals surface area contributed by atoms with Gasteiger partial charge in [0, 0.05) is 18.8 Å². The molecule has 0 radical (unpaired) electrons. The van der Waals surface area contributed by atoms with Gasteiger partial charge in [-0.15, -0.1) is 0 Å². The minimum Gasteiger partial charge on any atom is -0.353 e. The Hall–Kier alpha value is -2.13. The van der Waals surface area contributed by atoms with E-state index < -0.39 is 0 Å². The Bertz CT molecular complexity index is 594. The molecule has 4 heteroatoms. The second-order valence-corrected chi connectivity index (χ2v) is 5.02. The van der Waals surface area contributed by atoms with Crippen molar-refractivity contribution in [3.8, 4) is 0 Å². The summed E-state index contributed by atoms with van der Waals surface area (Å²) >= 11 is 5.69. The monoisotopic (exact) mass is 300 g/mol. The topological polar surface area (TPSA) is 42.0 Å². The fraction of sp³-hybridized carbons (Fsp3) is 0.176. The Morgan fingerprint density at radius 1 is 1.19 bits per heavy atom. The number of carbonyl (C=O) groups excluding carboxylic acids is 1. The van der Waals surface area contributed by atoms with E-state index in [0.717, 1.165) is 18.4 Å². The molecule has 0 saturated carbocycles. The van der Waals surface area contributed by atoms with Gasteiger partial charge in [-0.1, -0.05) is 48.0 Å². The maximum absolute atomic E-state index is 11.7. The lowest BCUT2D eigenvalue weighted by atomic mass is 10.1. The molecule has 0 unspecified atom stereocenters. The van der Waals surface area contributed by atoms with E-state index in [1.807, 2.05) is 24.3 Å². The van der Waals surface area contributed by atoms with Gasteiger partial charge in [-0.25, -0.2) is 4.98 Å². The van der Waals surface area contributed by atoms with E-state index in [9.17, 15) is 4.79 Å². The highest BCUT2D eigenvalue weighted by Crippen LogP contribution is 2.06. The van der Waals surface area contributed by atoms with Crippen LogP contribution in [0.4, 0.5) is 0 Å². The SMILES string of the molecule is O=C(C=Cc1ccc(Cl)nc1)NCCCc1ccccc1. The average molecular weight is 301 g/mol. The highest BCUT2D eigenvalue weighted by atomic mass is 35.5. The number of aryl methyl sites for hydroxylation is 1. The number of amides is 1. The smallest absolute Gasteiger partial charge is 0.244 e. The second kappa shape index (κ2) is 8.22. The highest BCUT2D eigenvalue weighted by Gasteiger charge is 1.96. The van der Waals surface area contributed by atoms with Crippen LogP contribution in [0.1, 0.15) is 17.5 Å². The number of nitrogens with one attached hydrogen (secondary N) is 1. The van der Waals surface area contributed by atoms with E-state index in [2.05, 4.69) is 22.4 Å². The average Bonchev–Trinajstić information content (AvgIpc) is 2.52. The molecule has 0 atom stereocenters. The number of aromatic nitrogens is 1. The molecule has 2 rings (SSSR count). The first-order chi connectivity index (χ1) is 10.2. The van der Waals surface area contributed by atoms with E-state index in [1.165, 1.54) is 11.6 Å². The third-order valence-electron chi connectivity index (χ3n) is 2.96. The molecule has 0 fully saturated rings. The first-order valence-corrected chi connectivity index (χ1v) is 7.23. The van der Waals surface area contributed by atoms with E-state index in [-0.39, 0.29) is 5.91 Å². The molecule has 0 aliphatic carbocycles. The van der Waals surface area contributed by atoms with Gasteiger partial charge in [0.25, 0.3) is 0 Å². The first kappa shape index (κ1) is 15.3. The van der Waals surface area contributed by atoms with Gasteiger partial charge in [0.05, 0.1) is 0 Å². The summed E-state index contributed by atoms with van der Waals surface area (Å²) in [6.07, 6.45) is 6.74. The lowest BCUT2D eigenvalue weighted by Gasteiger charge is -2.02. The van der Waals surface area contributed by atoms with Crippen LogP contribution in [0.5, 0.6) is 0 Å². The van der Waals surface area contributed by atoms with Gasteiger partial charge in [0.2, 0.25) is 5.91 Å². The van der Waals surface area contributed by atoms with Gasteiger partial charge >= 0.3 is 0 Å². The normalized spacial score (nSPS) is 10.7. The molecule has 0 aliphatic rings. The van der Waals surface area contributed by atoms with Crippen LogP contribution in [-0.2, 0) is 11.2 Å². The Balaban J connectivity index is 1.69. The molecular weight excluding hydrogens is 284 g/mol. The number of pyridine rings is 1. The minimum atomic E-state index is -0.0991. The van der Waals surface area contributed by atoms with Crippen molar-refractivity contribution in [3.05, 3.63) is 71.0 Å². The zero-order valence-electron chi connectivity index (χ0n) is 11.6. The molecule has 0 saturated heterocycles. The third kappa shape index (κ3) is 5.79. The van der Waals surface area contributed by atoms with Gasteiger partial charge < -0.3 is 5.32 Å². The zero-order chi connectivity index (χ0) is 14.9. The number of hydrogen-bond acceptors (Lipinski definition) is 2. The van der Waals surface area contributed by atoms with Crippen LogP contribution in [0.15, 0.2) is 54.7 Å². The van der Waals surface area contributed by atoms with Gasteiger partial charge in [-0.2, -0.15) is 0 Å². The van der Waals surface area contributed by atoms with E-state index in [4.69, 9.17) is 11.6 Å². The highest BCUT2D eigenvalue weighted by molar-refractivity contribution is 6.29. The minimum absolute atomic E-state index is 0.0991. The molecule has 3 nitrogen and oxygen atoms in total. The fourth-order valence-corrected chi connectivity index (χ4v) is 1.98. The van der Waals surface area contributed by atoms with Crippen molar-refractivity contribution in [3.63, 3.8) is 0 Å². The van der Waals surface area contributed by atoms with Gasteiger partial charge in [-0.3, -0.25) is 4.79 Å². The van der Waals surface area contributed by atoms with Crippen LogP contribution in [0.3, 0.4) is 0 Å². The number of rotatable bonds is 6. The number of carbonyl (C=O) groups is 1. The van der Waals surface area contributed by atoms with Crippen molar-refractivity contribution < 1.29 is 4.79 Å². The Morgan fingerprint density at radius 2 is 2.00 bits per heavy atom. The zero-order valence-corrected chi connectivity index (χ0v) is 12.4. The molecule has 1 heterocycles. The summed E-state index contributed by atoms with van der Waals surface area (Å²) in [7, 11) is 0. The molecule has 1 aromatic heterocycles. The van der Waals surface area contributed by atoms with Crippen LogP contribution in [0, 0.1) is 0 Å². The summed E-state index contributed by atoms with van der Waals surface area (Å²) < 4.78 is 0. The first-order valence-electron chi connectivity index (χ1n) is 6.85. The Kier molecular flexibility index (Phi) is 5.98. The molecular formula is C17H17ClN2O. The van der Waals surface area contributed by atoms with Crippen LogP contribution in [0.2, 0.25) is 5.15 Å². The van der Waals surface area contributed by atoms with Crippen LogP contribution < -0.4 is 5.32 Å². The van der Waals surface area contributed by atoms with Gasteiger partial charge in [-0.05, 0) is 36.1 Å². The van der Waals surface area contributed by atoms with Crippen molar-refractivity contribution in [1.82, 2.24) is 10.3 Å². The lowest BCUT2D eigenvalue weighted by molar-refractivity contribution is -0.116. The molecule has 108 valence electrons. The van der Waals surface area contributed by atoms with E-state index >= 15 is 0 Å². The molecule has 1 amide bonds. The van der Waals surface area contributed by atoms with Crippen LogP contribution in [-0.4, -0.2) is 17.4 Å². The van der Waals surface area contributed by atoms with Crippen molar-refractivity contribution in [2.45, 2.75) is 12.8 Å². The second-order valence-electron chi connectivity index (χ2n) is 4.63. The quantitative estimate of drug-likeness (QED) is 0.504. The van der Waals surface area contributed by atoms with Gasteiger partial charge in [0.1, 0.15) is 5.15 Å². The summed E-state index contributed by atoms with van der Waals surface area (Å²) in [5.74, 6) is -0.0991. The summed E-state index contributed by atoms with van der Waals surface area (Å²) in [5.41, 5.74) is 2.13. The summed E-state index contributed by atoms with van der Waals surface area (Å²) in [5, 5.41) is 3.30. The lowest BCUT2D eigenvalue weighted by Crippen LogP contribution is -2.22. The number of halogens is 1. The summed E-state index contributed by atoms with van der Waals surface area (Å²) in [4.78, 5) is 15.6. The number of nitrogens with zero attached hydrogens (tertiary/aromatic N) is 1. The van der Waals surface area contributed by atoms with Crippen molar-refractivity contribution in [2.24, 2.45) is 0 Å². The predicted molar refractivity (Wildman–Crippen MR) is 86.1 cm³/mol. The summed E-state index contributed by atoms with van der Waals surface area (Å²) in [6, 6.07) is 13.7. The molecule has 0 aliphatic heterocycles. The maximum Gasteiger partial charge on any atom is 0.244 e. The molecule has 1 N–H and O–H groups in total. The molecule has 21 heavy (non-hydrogen) atoms. The molecule has 0 spiro atoms. The number of hydrogen-bond donors (Lipinski definition) is 1. The standard InChI is InChI=1S/C17H17ClN2O/c18-16-10-8-15(13-20-16)9-11-17(21)19-12-4-7-14-5-2-1-3-6-14/h1-3,5-6,8-11,13H,4,7,12H2,(H,19,21). The third-order valence-corrected chi connectivity index (χ3v) is 3.19. The number of benzene rings is 1. The van der Waals surface area contributed by atoms with Crippen LogP contribution >= 0.6 is 11.6 Å². The predicted octanol–water partition coefficient (Wildman–Crippen LogP) is 3.50. The van der Waals surface area contributed by atoms with Crippen molar-refractivity contribution in [1.29, 1.82) is 0 Å². The Labute approximate surface area is 129 Å². The fourth-order valence-electron chi connectivity index (χ4n) is 1.87. The maximum atomic E-state index is 11.7. The van der Waals surface area contributed by atoms with E-state index in [1.54, 1.807) is 18.3 Å². The van der Waals surface area contributed by atoms with Crippen molar-refractivity contribution >= 4 is 23.6 Å². The molecule has 2 aromatic rings. The molecule has 1 aromatic carbocycles.